The number of carbonyl (C=O) groups excluding carboxylic acids is 1. The fraction of sp³-hybridized carbons (Fsp3) is 0.400. The first kappa shape index (κ1) is 14.1. The highest BCUT2D eigenvalue weighted by Crippen LogP contribution is 2.20. The number of likely N-dealkylation sites (tertiary alicyclic amines) is 1. The number of nitrogens with one attached hydrogen (secondary N) is 1. The Hall–Kier alpha value is -1.89. The van der Waals surface area contributed by atoms with Crippen molar-refractivity contribution in [3.05, 3.63) is 36.0 Å². The molecule has 6 heteroatoms. The monoisotopic (exact) mass is 289 g/mol. The van der Waals surface area contributed by atoms with E-state index in [1.165, 1.54) is 4.90 Å². The van der Waals surface area contributed by atoms with Crippen molar-refractivity contribution in [3.8, 4) is 0 Å². The fourth-order valence-corrected chi connectivity index (χ4v) is 2.81. The number of aliphatic hydroxyl groups is 2. The summed E-state index contributed by atoms with van der Waals surface area (Å²) in [6, 6.07) is 7.17. The Morgan fingerprint density at radius 1 is 1.33 bits per heavy atom. The van der Waals surface area contributed by atoms with Crippen molar-refractivity contribution in [3.63, 3.8) is 0 Å². The Balaban J connectivity index is 1.71. The van der Waals surface area contributed by atoms with Gasteiger partial charge < -0.3 is 25.8 Å². The van der Waals surface area contributed by atoms with Crippen molar-refractivity contribution in [1.82, 2.24) is 9.88 Å². The molecule has 2 heterocycles. The highest BCUT2D eigenvalue weighted by atomic mass is 16.3. The number of β-amino-alcohol motifs (C(OH)–C–C–N with tert-alkyl or cyclic N) is 2. The van der Waals surface area contributed by atoms with Crippen LogP contribution in [0.1, 0.15) is 5.56 Å². The molecule has 21 heavy (non-hydrogen) atoms. The van der Waals surface area contributed by atoms with Crippen LogP contribution in [0.15, 0.2) is 30.5 Å². The molecular formula is C15H19N3O3. The number of benzene rings is 1. The Labute approximate surface area is 122 Å². The van der Waals surface area contributed by atoms with E-state index in [0.29, 0.717) is 6.42 Å². The zero-order valence-corrected chi connectivity index (χ0v) is 11.6. The van der Waals surface area contributed by atoms with Crippen LogP contribution < -0.4 is 5.73 Å². The van der Waals surface area contributed by atoms with Gasteiger partial charge in [-0.25, -0.2) is 0 Å². The molecule has 0 saturated carbocycles. The number of carbonyl (C=O) groups is 1. The number of hydrogen-bond donors (Lipinski definition) is 4. The first-order valence-electron chi connectivity index (χ1n) is 7.01. The van der Waals surface area contributed by atoms with Crippen LogP contribution in [0, 0.1) is 0 Å². The maximum Gasteiger partial charge on any atom is 0.240 e. The van der Waals surface area contributed by atoms with E-state index >= 15 is 0 Å². The molecule has 0 bridgehead atoms. The van der Waals surface area contributed by atoms with Gasteiger partial charge in [0.05, 0.1) is 18.2 Å². The van der Waals surface area contributed by atoms with Crippen molar-refractivity contribution in [1.29, 1.82) is 0 Å². The average molecular weight is 289 g/mol. The molecule has 1 fully saturated rings. The second-order valence-corrected chi connectivity index (χ2v) is 5.55. The number of para-hydroxylation sites is 1. The van der Waals surface area contributed by atoms with Gasteiger partial charge in [-0.2, -0.15) is 0 Å². The van der Waals surface area contributed by atoms with Crippen molar-refractivity contribution in [2.45, 2.75) is 24.7 Å². The molecule has 1 saturated heterocycles. The van der Waals surface area contributed by atoms with Gasteiger partial charge in [0.2, 0.25) is 5.91 Å². The summed E-state index contributed by atoms with van der Waals surface area (Å²) in [5, 5.41) is 20.1. The molecule has 0 aliphatic carbocycles. The molecule has 3 rings (SSSR count). The van der Waals surface area contributed by atoms with Crippen molar-refractivity contribution in [2.24, 2.45) is 5.73 Å². The summed E-state index contributed by atoms with van der Waals surface area (Å²) < 4.78 is 0. The van der Waals surface area contributed by atoms with Crippen LogP contribution in [0.5, 0.6) is 0 Å². The van der Waals surface area contributed by atoms with E-state index < -0.39 is 18.2 Å². The number of nitrogens with two attached hydrogens (primary N) is 1. The molecule has 1 amide bonds. The van der Waals surface area contributed by atoms with E-state index in [1.54, 1.807) is 0 Å². The zero-order chi connectivity index (χ0) is 15.0. The number of fused-ring (bicyclic) bond motifs is 1. The van der Waals surface area contributed by atoms with E-state index in [1.807, 2.05) is 30.5 Å². The van der Waals surface area contributed by atoms with Gasteiger partial charge in [-0.1, -0.05) is 18.2 Å². The number of H-pyrrole nitrogens is 1. The highest BCUT2D eigenvalue weighted by molar-refractivity contribution is 5.86. The third kappa shape index (κ3) is 2.65. The minimum absolute atomic E-state index is 0.140. The highest BCUT2D eigenvalue weighted by Gasteiger charge is 2.34. The summed E-state index contributed by atoms with van der Waals surface area (Å²) >= 11 is 0. The van der Waals surface area contributed by atoms with Crippen LogP contribution in [0.4, 0.5) is 0 Å². The lowest BCUT2D eigenvalue weighted by atomic mass is 10.0. The molecule has 2 aromatic rings. The van der Waals surface area contributed by atoms with Crippen LogP contribution in [-0.4, -0.2) is 57.3 Å². The molecule has 6 nitrogen and oxygen atoms in total. The van der Waals surface area contributed by atoms with Gasteiger partial charge in [0.15, 0.2) is 0 Å². The van der Waals surface area contributed by atoms with Crippen LogP contribution in [0.3, 0.4) is 0 Å². The van der Waals surface area contributed by atoms with Crippen LogP contribution >= 0.6 is 0 Å². The second-order valence-electron chi connectivity index (χ2n) is 5.55. The predicted octanol–water partition coefficient (Wildman–Crippen LogP) is -0.398. The topological polar surface area (TPSA) is 103 Å². The number of hydrogen-bond acceptors (Lipinski definition) is 4. The standard InChI is InChI=1S/C15H19N3O3/c16-11(15(21)18-7-13(19)14(20)8-18)5-9-6-17-12-4-2-1-3-10(9)12/h1-4,6,11,13-14,17,19-20H,5,7-8,16H2/t11-,13-,14+/m0/s1. The molecule has 0 unspecified atom stereocenters. The maximum absolute atomic E-state index is 12.3. The van der Waals surface area contributed by atoms with Gasteiger partial charge in [-0.3, -0.25) is 4.79 Å². The minimum Gasteiger partial charge on any atom is -0.388 e. The second kappa shape index (κ2) is 5.48. The molecule has 3 atom stereocenters. The third-order valence-electron chi connectivity index (χ3n) is 4.00. The molecule has 1 aliphatic heterocycles. The van der Waals surface area contributed by atoms with Crippen LogP contribution in [0.2, 0.25) is 0 Å². The zero-order valence-electron chi connectivity index (χ0n) is 11.6. The quantitative estimate of drug-likeness (QED) is 0.617. The molecule has 0 spiro atoms. The maximum atomic E-state index is 12.3. The van der Waals surface area contributed by atoms with E-state index in [4.69, 9.17) is 5.73 Å². The number of amides is 1. The van der Waals surface area contributed by atoms with Gasteiger partial charge in [0.1, 0.15) is 0 Å². The predicted molar refractivity (Wildman–Crippen MR) is 78.6 cm³/mol. The Bertz CT molecular complexity index is 644. The Kier molecular flexibility index (Phi) is 3.67. The normalized spacial score (nSPS) is 23.7. The Morgan fingerprint density at radius 3 is 2.71 bits per heavy atom. The molecule has 1 aliphatic rings. The SMILES string of the molecule is N[C@@H](Cc1c[nH]c2ccccc12)C(=O)N1C[C@@H](O)[C@@H](O)C1. The summed E-state index contributed by atoms with van der Waals surface area (Å²) in [7, 11) is 0. The third-order valence-corrected chi connectivity index (χ3v) is 4.00. The van der Waals surface area contributed by atoms with Crippen molar-refractivity contribution < 1.29 is 15.0 Å². The molecule has 112 valence electrons. The summed E-state index contributed by atoms with van der Waals surface area (Å²) in [5.74, 6) is -0.240. The molecule has 1 aromatic heterocycles. The van der Waals surface area contributed by atoms with Crippen LogP contribution in [0.25, 0.3) is 10.9 Å². The molecule has 1 aromatic carbocycles. The van der Waals surface area contributed by atoms with Gasteiger partial charge in [-0.15, -0.1) is 0 Å². The van der Waals surface area contributed by atoms with E-state index in [9.17, 15) is 15.0 Å². The van der Waals surface area contributed by atoms with E-state index in [0.717, 1.165) is 16.5 Å². The lowest BCUT2D eigenvalue weighted by Crippen LogP contribution is -2.44. The minimum atomic E-state index is -0.880. The summed E-state index contributed by atoms with van der Waals surface area (Å²) in [4.78, 5) is 16.8. The lowest BCUT2D eigenvalue weighted by molar-refractivity contribution is -0.132. The largest absolute Gasteiger partial charge is 0.388 e. The van der Waals surface area contributed by atoms with E-state index in [2.05, 4.69) is 4.98 Å². The van der Waals surface area contributed by atoms with Crippen molar-refractivity contribution in [2.75, 3.05) is 13.1 Å². The molecule has 0 radical (unpaired) electrons. The fourth-order valence-electron chi connectivity index (χ4n) is 2.81. The first-order valence-corrected chi connectivity index (χ1v) is 7.01. The number of aromatic nitrogens is 1. The summed E-state index contributed by atoms with van der Waals surface area (Å²) in [6.07, 6.45) is 0.528. The Morgan fingerprint density at radius 2 is 2.00 bits per heavy atom. The van der Waals surface area contributed by atoms with Gasteiger partial charge in [0.25, 0.3) is 0 Å². The molecule has 5 N–H and O–H groups in total. The summed E-state index contributed by atoms with van der Waals surface area (Å²) in [6.45, 7) is 0.281. The smallest absolute Gasteiger partial charge is 0.240 e. The number of aliphatic hydroxyl groups excluding tert-OH is 2. The van der Waals surface area contributed by atoms with Gasteiger partial charge in [-0.05, 0) is 18.1 Å². The van der Waals surface area contributed by atoms with E-state index in [-0.39, 0.29) is 19.0 Å². The average Bonchev–Trinajstić information content (AvgIpc) is 3.03. The first-order chi connectivity index (χ1) is 10.1. The summed E-state index contributed by atoms with van der Waals surface area (Å²) in [5.41, 5.74) is 8.01. The number of nitrogens with zero attached hydrogens (tertiary/aromatic N) is 1. The van der Waals surface area contributed by atoms with Crippen LogP contribution in [-0.2, 0) is 11.2 Å². The van der Waals surface area contributed by atoms with Crippen molar-refractivity contribution >= 4 is 16.8 Å². The number of rotatable bonds is 3. The number of aromatic amines is 1. The molecular weight excluding hydrogens is 270 g/mol. The lowest BCUT2D eigenvalue weighted by Gasteiger charge is -2.20. The van der Waals surface area contributed by atoms with Gasteiger partial charge >= 0.3 is 0 Å². The van der Waals surface area contributed by atoms with Gasteiger partial charge in [0, 0.05) is 30.2 Å².